The predicted octanol–water partition coefficient (Wildman–Crippen LogP) is 0.533. The number of aromatic nitrogens is 2. The van der Waals surface area contributed by atoms with Gasteiger partial charge in [-0.1, -0.05) is 0 Å². The number of hydrogen-bond acceptors (Lipinski definition) is 6. The van der Waals surface area contributed by atoms with E-state index in [0.29, 0.717) is 6.04 Å². The topological polar surface area (TPSA) is 62.3 Å². The average Bonchev–Trinajstić information content (AvgIpc) is 3.32. The van der Waals surface area contributed by atoms with Gasteiger partial charge in [0, 0.05) is 44.2 Å². The molecule has 2 aliphatic heterocycles. The predicted molar refractivity (Wildman–Crippen MR) is 77.1 cm³/mol. The molecule has 108 valence electrons. The van der Waals surface area contributed by atoms with E-state index >= 15 is 0 Å². The number of nitrogens with one attached hydrogen (secondary N) is 2. The highest BCUT2D eigenvalue weighted by Crippen LogP contribution is 2.29. The van der Waals surface area contributed by atoms with Gasteiger partial charge >= 0.3 is 0 Å². The van der Waals surface area contributed by atoms with Crippen molar-refractivity contribution in [2.75, 3.05) is 43.1 Å². The van der Waals surface area contributed by atoms with Gasteiger partial charge in [0.2, 0.25) is 5.95 Å². The molecule has 0 amide bonds. The van der Waals surface area contributed by atoms with Crippen LogP contribution in [0, 0.1) is 0 Å². The minimum atomic E-state index is 0.619. The molecule has 1 saturated carbocycles. The molecule has 3 heterocycles. The van der Waals surface area contributed by atoms with Crippen molar-refractivity contribution in [3.63, 3.8) is 0 Å². The van der Waals surface area contributed by atoms with Crippen LogP contribution < -0.4 is 15.5 Å². The first-order valence-corrected chi connectivity index (χ1v) is 7.60. The zero-order valence-corrected chi connectivity index (χ0v) is 11.7. The SMILES string of the molecule is C1Cc2nc(N3CCOCC3)nc(NC3CC3)c2CN1. The van der Waals surface area contributed by atoms with Crippen LogP contribution >= 0.6 is 0 Å². The quantitative estimate of drug-likeness (QED) is 0.839. The first-order chi connectivity index (χ1) is 9.90. The lowest BCUT2D eigenvalue weighted by Gasteiger charge is -2.29. The molecule has 6 heteroatoms. The van der Waals surface area contributed by atoms with Gasteiger partial charge in [0.15, 0.2) is 0 Å². The van der Waals surface area contributed by atoms with Crippen molar-refractivity contribution >= 4 is 11.8 Å². The first-order valence-electron chi connectivity index (χ1n) is 7.60. The molecule has 1 aromatic heterocycles. The van der Waals surface area contributed by atoms with Crippen LogP contribution in [0.15, 0.2) is 0 Å². The molecular formula is C14H21N5O. The molecule has 2 fully saturated rings. The Kier molecular flexibility index (Phi) is 3.20. The van der Waals surface area contributed by atoms with Gasteiger partial charge in [-0.3, -0.25) is 0 Å². The van der Waals surface area contributed by atoms with Crippen molar-refractivity contribution in [3.8, 4) is 0 Å². The second-order valence-corrected chi connectivity index (χ2v) is 5.74. The maximum atomic E-state index is 5.42. The number of fused-ring (bicyclic) bond motifs is 1. The summed E-state index contributed by atoms with van der Waals surface area (Å²) in [5.74, 6) is 1.92. The summed E-state index contributed by atoms with van der Waals surface area (Å²) >= 11 is 0. The van der Waals surface area contributed by atoms with Crippen LogP contribution in [0.25, 0.3) is 0 Å². The fourth-order valence-electron chi connectivity index (χ4n) is 2.78. The van der Waals surface area contributed by atoms with E-state index in [1.165, 1.54) is 24.1 Å². The number of nitrogens with zero attached hydrogens (tertiary/aromatic N) is 3. The third-order valence-electron chi connectivity index (χ3n) is 4.13. The van der Waals surface area contributed by atoms with E-state index in [1.807, 2.05) is 0 Å². The molecule has 20 heavy (non-hydrogen) atoms. The molecule has 2 N–H and O–H groups in total. The van der Waals surface area contributed by atoms with Gasteiger partial charge in [-0.05, 0) is 12.8 Å². The summed E-state index contributed by atoms with van der Waals surface area (Å²) < 4.78 is 5.42. The van der Waals surface area contributed by atoms with Gasteiger partial charge < -0.3 is 20.3 Å². The van der Waals surface area contributed by atoms with Gasteiger partial charge in [-0.2, -0.15) is 4.98 Å². The fourth-order valence-corrected chi connectivity index (χ4v) is 2.78. The molecule has 0 aromatic carbocycles. The van der Waals surface area contributed by atoms with E-state index in [1.54, 1.807) is 0 Å². The molecule has 0 radical (unpaired) electrons. The second kappa shape index (κ2) is 5.18. The van der Waals surface area contributed by atoms with E-state index in [4.69, 9.17) is 14.7 Å². The number of anilines is 2. The highest BCUT2D eigenvalue weighted by molar-refractivity contribution is 5.53. The van der Waals surface area contributed by atoms with E-state index in [9.17, 15) is 0 Å². The summed E-state index contributed by atoms with van der Waals surface area (Å²) in [4.78, 5) is 11.8. The third kappa shape index (κ3) is 2.45. The summed E-state index contributed by atoms with van der Waals surface area (Å²) in [6.45, 7) is 5.21. The number of ether oxygens (including phenoxy) is 1. The van der Waals surface area contributed by atoms with Crippen molar-refractivity contribution in [1.82, 2.24) is 15.3 Å². The summed E-state index contributed by atoms with van der Waals surface area (Å²) in [6.07, 6.45) is 3.52. The molecule has 4 rings (SSSR count). The maximum Gasteiger partial charge on any atom is 0.227 e. The molecule has 0 unspecified atom stereocenters. The molecule has 0 atom stereocenters. The molecular weight excluding hydrogens is 254 g/mol. The van der Waals surface area contributed by atoms with Crippen LogP contribution in [0.5, 0.6) is 0 Å². The molecule has 1 saturated heterocycles. The molecule has 0 spiro atoms. The Balaban J connectivity index is 1.67. The zero-order chi connectivity index (χ0) is 13.4. The van der Waals surface area contributed by atoms with Crippen LogP contribution in [0.3, 0.4) is 0 Å². The zero-order valence-electron chi connectivity index (χ0n) is 11.7. The molecule has 1 aliphatic carbocycles. The van der Waals surface area contributed by atoms with Gasteiger partial charge in [0.05, 0.1) is 18.9 Å². The molecule has 6 nitrogen and oxygen atoms in total. The minimum absolute atomic E-state index is 0.619. The smallest absolute Gasteiger partial charge is 0.227 e. The molecule has 1 aromatic rings. The van der Waals surface area contributed by atoms with Crippen molar-refractivity contribution in [1.29, 1.82) is 0 Å². The van der Waals surface area contributed by atoms with Crippen molar-refractivity contribution in [2.45, 2.75) is 31.8 Å². The van der Waals surface area contributed by atoms with Gasteiger partial charge in [-0.25, -0.2) is 4.98 Å². The summed E-state index contributed by atoms with van der Waals surface area (Å²) in [6, 6.07) is 0.619. The van der Waals surface area contributed by atoms with Gasteiger partial charge in [-0.15, -0.1) is 0 Å². The summed E-state index contributed by atoms with van der Waals surface area (Å²) in [7, 11) is 0. The lowest BCUT2D eigenvalue weighted by molar-refractivity contribution is 0.122. The van der Waals surface area contributed by atoms with Crippen molar-refractivity contribution in [2.24, 2.45) is 0 Å². The van der Waals surface area contributed by atoms with Gasteiger partial charge in [0.25, 0.3) is 0 Å². The van der Waals surface area contributed by atoms with Crippen LogP contribution in [0.4, 0.5) is 11.8 Å². The Morgan fingerprint density at radius 2 is 2.05 bits per heavy atom. The highest BCUT2D eigenvalue weighted by Gasteiger charge is 2.26. The Morgan fingerprint density at radius 1 is 1.20 bits per heavy atom. The maximum absolute atomic E-state index is 5.42. The Hall–Kier alpha value is -1.40. The largest absolute Gasteiger partial charge is 0.378 e. The molecule has 3 aliphatic rings. The number of morpholine rings is 1. The average molecular weight is 275 g/mol. The summed E-state index contributed by atoms with van der Waals surface area (Å²) in [5, 5.41) is 6.99. The molecule has 0 bridgehead atoms. The first kappa shape index (κ1) is 12.3. The van der Waals surface area contributed by atoms with Crippen molar-refractivity contribution < 1.29 is 4.74 Å². The third-order valence-corrected chi connectivity index (χ3v) is 4.13. The number of hydrogen-bond donors (Lipinski definition) is 2. The Morgan fingerprint density at radius 3 is 2.85 bits per heavy atom. The summed E-state index contributed by atoms with van der Waals surface area (Å²) in [5.41, 5.74) is 2.48. The van der Waals surface area contributed by atoms with Crippen LogP contribution in [-0.2, 0) is 17.7 Å². The lowest BCUT2D eigenvalue weighted by Crippen LogP contribution is -2.38. The Bertz CT molecular complexity index is 497. The van der Waals surface area contributed by atoms with E-state index in [2.05, 4.69) is 15.5 Å². The van der Waals surface area contributed by atoms with Crippen LogP contribution in [0.2, 0.25) is 0 Å². The van der Waals surface area contributed by atoms with Crippen LogP contribution in [-0.4, -0.2) is 48.9 Å². The fraction of sp³-hybridized carbons (Fsp3) is 0.714. The van der Waals surface area contributed by atoms with E-state index in [0.717, 1.165) is 57.6 Å². The Labute approximate surface area is 118 Å². The monoisotopic (exact) mass is 275 g/mol. The normalized spacial score (nSPS) is 22.5. The lowest BCUT2D eigenvalue weighted by atomic mass is 10.1. The standard InChI is InChI=1S/C14H21N5O/c1-2-10(1)16-13-11-9-15-4-3-12(11)17-14(18-13)19-5-7-20-8-6-19/h10,15H,1-9H2,(H,16,17,18). The van der Waals surface area contributed by atoms with Gasteiger partial charge in [0.1, 0.15) is 5.82 Å². The second-order valence-electron chi connectivity index (χ2n) is 5.74. The minimum Gasteiger partial charge on any atom is -0.378 e. The highest BCUT2D eigenvalue weighted by atomic mass is 16.5. The van der Waals surface area contributed by atoms with E-state index < -0.39 is 0 Å². The van der Waals surface area contributed by atoms with E-state index in [-0.39, 0.29) is 0 Å². The number of rotatable bonds is 3. The van der Waals surface area contributed by atoms with Crippen molar-refractivity contribution in [3.05, 3.63) is 11.3 Å². The van der Waals surface area contributed by atoms with Crippen LogP contribution in [0.1, 0.15) is 24.1 Å².